The van der Waals surface area contributed by atoms with Crippen LogP contribution in [0.4, 0.5) is 0 Å². The van der Waals surface area contributed by atoms with Gasteiger partial charge in [0.15, 0.2) is 0 Å². The number of furan rings is 1. The smallest absolute Gasteiger partial charge is 0.371 e. The Bertz CT molecular complexity index is 446. The molecule has 98 valence electrons. The summed E-state index contributed by atoms with van der Waals surface area (Å²) < 4.78 is 5.43. The van der Waals surface area contributed by atoms with Crippen LogP contribution in [-0.2, 0) is 0 Å². The Balaban J connectivity index is 1.72. The van der Waals surface area contributed by atoms with Crippen LogP contribution < -0.4 is 0 Å². The second-order valence-corrected chi connectivity index (χ2v) is 5.55. The first kappa shape index (κ1) is 11.8. The number of carbonyl (C=O) groups is 1. The molecule has 1 aromatic heterocycles. The summed E-state index contributed by atoms with van der Waals surface area (Å²) in [7, 11) is 0. The zero-order valence-corrected chi connectivity index (χ0v) is 10.6. The molecule has 4 nitrogen and oxygen atoms in total. The summed E-state index contributed by atoms with van der Waals surface area (Å²) >= 11 is 0. The second kappa shape index (κ2) is 4.43. The maximum absolute atomic E-state index is 10.8. The lowest BCUT2D eigenvalue weighted by atomic mass is 10.2. The van der Waals surface area contributed by atoms with Crippen LogP contribution >= 0.6 is 0 Å². The highest BCUT2D eigenvalue weighted by Gasteiger charge is 2.37. The molecule has 0 radical (unpaired) electrons. The maximum Gasteiger partial charge on any atom is 0.371 e. The minimum atomic E-state index is -0.992. The lowest BCUT2D eigenvalue weighted by Gasteiger charge is -2.27. The number of carboxylic acid groups (broad SMARTS) is 1. The normalized spacial score (nSPS) is 21.2. The van der Waals surface area contributed by atoms with Gasteiger partial charge >= 0.3 is 5.97 Å². The number of nitrogens with zero attached hydrogens (tertiary/aromatic N) is 1. The Morgan fingerprint density at radius 3 is 2.67 bits per heavy atom. The summed E-state index contributed by atoms with van der Waals surface area (Å²) in [6.45, 7) is 3.25. The van der Waals surface area contributed by atoms with E-state index in [-0.39, 0.29) is 11.8 Å². The summed E-state index contributed by atoms with van der Waals surface area (Å²) in [6, 6.07) is 4.22. The highest BCUT2D eigenvalue weighted by Crippen LogP contribution is 2.39. The number of rotatable bonds is 6. The number of hydrogen-bond donors (Lipinski definition) is 1. The van der Waals surface area contributed by atoms with Gasteiger partial charge in [0.25, 0.3) is 0 Å². The molecule has 2 fully saturated rings. The molecule has 0 amide bonds. The SMILES string of the molecule is CC(c1ccc(C(=O)O)o1)N(CC1CC1)C1CC1. The van der Waals surface area contributed by atoms with Gasteiger partial charge in [-0.25, -0.2) is 4.79 Å². The van der Waals surface area contributed by atoms with Crippen molar-refractivity contribution in [2.24, 2.45) is 5.92 Å². The second-order valence-electron chi connectivity index (χ2n) is 5.55. The fourth-order valence-electron chi connectivity index (χ4n) is 2.48. The molecule has 0 aliphatic heterocycles. The van der Waals surface area contributed by atoms with E-state index in [1.165, 1.54) is 25.7 Å². The topological polar surface area (TPSA) is 53.7 Å². The molecule has 1 unspecified atom stereocenters. The van der Waals surface area contributed by atoms with E-state index in [1.807, 2.05) is 0 Å². The van der Waals surface area contributed by atoms with Crippen molar-refractivity contribution in [3.8, 4) is 0 Å². The van der Waals surface area contributed by atoms with Gasteiger partial charge in [-0.2, -0.15) is 0 Å². The van der Waals surface area contributed by atoms with E-state index in [4.69, 9.17) is 9.52 Å². The third-order valence-corrected chi connectivity index (χ3v) is 3.93. The van der Waals surface area contributed by atoms with Crippen molar-refractivity contribution in [3.05, 3.63) is 23.7 Å². The zero-order valence-electron chi connectivity index (χ0n) is 10.6. The van der Waals surface area contributed by atoms with Gasteiger partial charge in [-0.3, -0.25) is 4.90 Å². The van der Waals surface area contributed by atoms with Gasteiger partial charge in [-0.05, 0) is 50.7 Å². The van der Waals surface area contributed by atoms with Crippen LogP contribution in [0, 0.1) is 5.92 Å². The molecule has 4 heteroatoms. The molecule has 2 aliphatic carbocycles. The van der Waals surface area contributed by atoms with Crippen LogP contribution in [-0.4, -0.2) is 28.6 Å². The molecule has 3 rings (SSSR count). The summed E-state index contributed by atoms with van der Waals surface area (Å²) in [5.41, 5.74) is 0. The highest BCUT2D eigenvalue weighted by atomic mass is 16.4. The minimum Gasteiger partial charge on any atom is -0.475 e. The Kier molecular flexibility index (Phi) is 2.90. The van der Waals surface area contributed by atoms with Crippen molar-refractivity contribution < 1.29 is 14.3 Å². The van der Waals surface area contributed by atoms with Gasteiger partial charge in [0.05, 0.1) is 6.04 Å². The molecule has 1 atom stereocenters. The zero-order chi connectivity index (χ0) is 12.7. The monoisotopic (exact) mass is 249 g/mol. The van der Waals surface area contributed by atoms with Crippen molar-refractivity contribution >= 4 is 5.97 Å². The third kappa shape index (κ3) is 2.43. The predicted octanol–water partition coefficient (Wildman–Crippen LogP) is 2.91. The van der Waals surface area contributed by atoms with E-state index in [0.717, 1.165) is 18.2 Å². The molecular formula is C14H19NO3. The summed E-state index contributed by atoms with van der Waals surface area (Å²) in [5.74, 6) is 0.676. The molecule has 1 N–H and O–H groups in total. The standard InChI is InChI=1S/C14H19NO3/c1-9(12-6-7-13(18-12)14(16)17)15(11-4-5-11)8-10-2-3-10/h6-7,9-11H,2-5,8H2,1H3,(H,16,17). The molecule has 0 bridgehead atoms. The van der Waals surface area contributed by atoms with E-state index in [0.29, 0.717) is 6.04 Å². The summed E-state index contributed by atoms with van der Waals surface area (Å²) in [5, 5.41) is 8.89. The number of aromatic carboxylic acids is 1. The van der Waals surface area contributed by atoms with Crippen LogP contribution in [0.15, 0.2) is 16.5 Å². The van der Waals surface area contributed by atoms with Gasteiger partial charge < -0.3 is 9.52 Å². The molecule has 2 aliphatic rings. The summed E-state index contributed by atoms with van der Waals surface area (Å²) in [6.07, 6.45) is 5.22. The van der Waals surface area contributed by atoms with E-state index in [1.54, 1.807) is 12.1 Å². The lowest BCUT2D eigenvalue weighted by Crippen LogP contribution is -2.31. The molecule has 0 aromatic carbocycles. The fourth-order valence-corrected chi connectivity index (χ4v) is 2.48. The molecule has 2 saturated carbocycles. The van der Waals surface area contributed by atoms with Crippen LogP contribution in [0.5, 0.6) is 0 Å². The van der Waals surface area contributed by atoms with Gasteiger partial charge in [-0.1, -0.05) is 0 Å². The Labute approximate surface area is 107 Å². The first-order chi connectivity index (χ1) is 8.65. The van der Waals surface area contributed by atoms with Gasteiger partial charge in [0.2, 0.25) is 5.76 Å². The van der Waals surface area contributed by atoms with E-state index in [2.05, 4.69) is 11.8 Å². The Morgan fingerprint density at radius 2 is 2.17 bits per heavy atom. The molecular weight excluding hydrogens is 230 g/mol. The van der Waals surface area contributed by atoms with E-state index < -0.39 is 5.97 Å². The van der Waals surface area contributed by atoms with Crippen LogP contribution in [0.25, 0.3) is 0 Å². The maximum atomic E-state index is 10.8. The molecule has 0 spiro atoms. The largest absolute Gasteiger partial charge is 0.475 e. The van der Waals surface area contributed by atoms with Crippen LogP contribution in [0.3, 0.4) is 0 Å². The lowest BCUT2D eigenvalue weighted by molar-refractivity contribution is 0.0655. The van der Waals surface area contributed by atoms with Crippen LogP contribution in [0.1, 0.15) is 55.0 Å². The molecule has 0 saturated heterocycles. The first-order valence-electron chi connectivity index (χ1n) is 6.74. The minimum absolute atomic E-state index is 0.0408. The first-order valence-corrected chi connectivity index (χ1v) is 6.74. The third-order valence-electron chi connectivity index (χ3n) is 3.93. The average molecular weight is 249 g/mol. The number of carboxylic acids is 1. The molecule has 1 heterocycles. The Morgan fingerprint density at radius 1 is 1.44 bits per heavy atom. The molecule has 18 heavy (non-hydrogen) atoms. The fraction of sp³-hybridized carbons (Fsp3) is 0.643. The van der Waals surface area contributed by atoms with Crippen molar-refractivity contribution in [2.45, 2.75) is 44.7 Å². The van der Waals surface area contributed by atoms with Crippen molar-refractivity contribution in [1.29, 1.82) is 0 Å². The highest BCUT2D eigenvalue weighted by molar-refractivity contribution is 5.84. The van der Waals surface area contributed by atoms with E-state index >= 15 is 0 Å². The van der Waals surface area contributed by atoms with Crippen LogP contribution in [0.2, 0.25) is 0 Å². The average Bonchev–Trinajstić information content (AvgIpc) is 3.24. The van der Waals surface area contributed by atoms with Crippen molar-refractivity contribution in [3.63, 3.8) is 0 Å². The van der Waals surface area contributed by atoms with Gasteiger partial charge in [-0.15, -0.1) is 0 Å². The molecule has 1 aromatic rings. The van der Waals surface area contributed by atoms with Gasteiger partial charge in [0.1, 0.15) is 5.76 Å². The van der Waals surface area contributed by atoms with Gasteiger partial charge in [0, 0.05) is 12.6 Å². The quantitative estimate of drug-likeness (QED) is 0.842. The summed E-state index contributed by atoms with van der Waals surface area (Å²) in [4.78, 5) is 13.3. The van der Waals surface area contributed by atoms with Crippen molar-refractivity contribution in [1.82, 2.24) is 4.90 Å². The number of hydrogen-bond acceptors (Lipinski definition) is 3. The predicted molar refractivity (Wildman–Crippen MR) is 66.5 cm³/mol. The van der Waals surface area contributed by atoms with E-state index in [9.17, 15) is 4.79 Å². The van der Waals surface area contributed by atoms with Crippen molar-refractivity contribution in [2.75, 3.05) is 6.54 Å². The Hall–Kier alpha value is -1.29.